The van der Waals surface area contributed by atoms with Crippen LogP contribution in [0, 0.1) is 0 Å². The third-order valence-corrected chi connectivity index (χ3v) is 5.13. The molecule has 1 amide bonds. The predicted molar refractivity (Wildman–Crippen MR) is 86.5 cm³/mol. The monoisotopic (exact) mass is 340 g/mol. The standard InChI is InChI=1S/C16H24N2O4S/c19-14(13-11-18-15(23-13)16-21-9-10-22-16)17-7-8-20-12-5-3-1-2-4-6-12/h11-12,16H,1-10H2,(H,17,19). The largest absolute Gasteiger partial charge is 0.376 e. The average molecular weight is 340 g/mol. The van der Waals surface area contributed by atoms with E-state index in [1.807, 2.05) is 0 Å². The molecule has 1 saturated carbocycles. The van der Waals surface area contributed by atoms with E-state index in [0.717, 1.165) is 12.8 Å². The number of aromatic nitrogens is 1. The smallest absolute Gasteiger partial charge is 0.263 e. The van der Waals surface area contributed by atoms with Crippen LogP contribution in [-0.4, -0.2) is 43.4 Å². The number of amides is 1. The van der Waals surface area contributed by atoms with Crippen LogP contribution in [0.2, 0.25) is 0 Å². The number of nitrogens with zero attached hydrogens (tertiary/aromatic N) is 1. The van der Waals surface area contributed by atoms with Crippen molar-refractivity contribution in [2.75, 3.05) is 26.4 Å². The Labute approximate surface area is 140 Å². The maximum absolute atomic E-state index is 12.1. The molecule has 23 heavy (non-hydrogen) atoms. The summed E-state index contributed by atoms with van der Waals surface area (Å²) in [5.74, 6) is -0.115. The number of ether oxygens (including phenoxy) is 3. The van der Waals surface area contributed by atoms with Crippen LogP contribution in [0.4, 0.5) is 0 Å². The average Bonchev–Trinajstić information content (AvgIpc) is 3.19. The van der Waals surface area contributed by atoms with Crippen molar-refractivity contribution in [1.29, 1.82) is 0 Å². The molecule has 0 spiro atoms. The third kappa shape index (κ3) is 4.97. The quantitative estimate of drug-likeness (QED) is 0.637. The lowest BCUT2D eigenvalue weighted by Crippen LogP contribution is -2.28. The van der Waals surface area contributed by atoms with Crippen molar-refractivity contribution < 1.29 is 19.0 Å². The zero-order chi connectivity index (χ0) is 15.9. The molecule has 1 aliphatic heterocycles. The molecule has 1 aromatic rings. The highest BCUT2D eigenvalue weighted by Crippen LogP contribution is 2.27. The molecule has 7 heteroatoms. The fourth-order valence-electron chi connectivity index (χ4n) is 2.89. The van der Waals surface area contributed by atoms with Gasteiger partial charge in [0, 0.05) is 6.54 Å². The summed E-state index contributed by atoms with van der Waals surface area (Å²) >= 11 is 1.31. The minimum atomic E-state index is -0.417. The van der Waals surface area contributed by atoms with Crippen molar-refractivity contribution in [3.63, 3.8) is 0 Å². The second kappa shape index (κ2) is 8.73. The molecule has 1 saturated heterocycles. The molecule has 0 atom stereocenters. The van der Waals surface area contributed by atoms with Crippen LogP contribution in [0.25, 0.3) is 0 Å². The summed E-state index contributed by atoms with van der Waals surface area (Å²) in [7, 11) is 0. The zero-order valence-corrected chi connectivity index (χ0v) is 14.1. The molecule has 0 unspecified atom stereocenters. The summed E-state index contributed by atoms with van der Waals surface area (Å²) in [4.78, 5) is 16.9. The van der Waals surface area contributed by atoms with Crippen LogP contribution in [0.1, 0.15) is 59.5 Å². The Morgan fingerprint density at radius 1 is 1.26 bits per heavy atom. The first-order valence-corrected chi connectivity index (χ1v) is 9.23. The van der Waals surface area contributed by atoms with Gasteiger partial charge in [0.2, 0.25) is 6.29 Å². The third-order valence-electron chi connectivity index (χ3n) is 4.11. The fourth-order valence-corrected chi connectivity index (χ4v) is 3.72. The van der Waals surface area contributed by atoms with Gasteiger partial charge in [-0.2, -0.15) is 0 Å². The lowest BCUT2D eigenvalue weighted by atomic mass is 10.1. The highest BCUT2D eigenvalue weighted by molar-refractivity contribution is 7.13. The number of carbonyl (C=O) groups is 1. The van der Waals surface area contributed by atoms with E-state index < -0.39 is 6.29 Å². The second-order valence-corrected chi connectivity index (χ2v) is 6.94. The summed E-state index contributed by atoms with van der Waals surface area (Å²) in [6.45, 7) is 2.24. The van der Waals surface area contributed by atoms with Gasteiger partial charge in [-0.15, -0.1) is 11.3 Å². The Kier molecular flexibility index (Phi) is 6.38. The van der Waals surface area contributed by atoms with Crippen LogP contribution >= 0.6 is 11.3 Å². The molecule has 1 aliphatic carbocycles. The molecule has 1 aromatic heterocycles. The van der Waals surface area contributed by atoms with Gasteiger partial charge in [0.1, 0.15) is 9.88 Å². The fraction of sp³-hybridized carbons (Fsp3) is 0.750. The van der Waals surface area contributed by atoms with Gasteiger partial charge in [-0.1, -0.05) is 25.7 Å². The maximum Gasteiger partial charge on any atom is 0.263 e. The maximum atomic E-state index is 12.1. The molecular formula is C16H24N2O4S. The Morgan fingerprint density at radius 3 is 2.74 bits per heavy atom. The van der Waals surface area contributed by atoms with E-state index in [0.29, 0.717) is 42.4 Å². The van der Waals surface area contributed by atoms with Crippen molar-refractivity contribution in [2.45, 2.75) is 50.9 Å². The van der Waals surface area contributed by atoms with E-state index in [1.54, 1.807) is 6.20 Å². The number of rotatable bonds is 6. The Balaban J connectivity index is 1.37. The first-order valence-electron chi connectivity index (χ1n) is 8.41. The van der Waals surface area contributed by atoms with Crippen molar-refractivity contribution in [2.24, 2.45) is 0 Å². The Hall–Kier alpha value is -1.02. The Morgan fingerprint density at radius 2 is 2.00 bits per heavy atom. The molecular weight excluding hydrogens is 316 g/mol. The van der Waals surface area contributed by atoms with E-state index in [1.165, 1.54) is 37.0 Å². The van der Waals surface area contributed by atoms with Gasteiger partial charge in [-0.25, -0.2) is 4.98 Å². The minimum absolute atomic E-state index is 0.115. The zero-order valence-electron chi connectivity index (χ0n) is 13.3. The normalized spacial score (nSPS) is 20.5. The van der Waals surface area contributed by atoms with Crippen LogP contribution in [0.15, 0.2) is 6.20 Å². The highest BCUT2D eigenvalue weighted by Gasteiger charge is 2.23. The van der Waals surface area contributed by atoms with E-state index >= 15 is 0 Å². The van der Waals surface area contributed by atoms with Crippen LogP contribution in [0.3, 0.4) is 0 Å². The van der Waals surface area contributed by atoms with Crippen molar-refractivity contribution >= 4 is 17.2 Å². The van der Waals surface area contributed by atoms with Crippen LogP contribution in [0.5, 0.6) is 0 Å². The number of thiazole rings is 1. The number of hydrogen-bond donors (Lipinski definition) is 1. The molecule has 2 heterocycles. The number of hydrogen-bond acceptors (Lipinski definition) is 6. The molecule has 3 rings (SSSR count). The van der Waals surface area contributed by atoms with Gasteiger partial charge in [-0.3, -0.25) is 4.79 Å². The lowest BCUT2D eigenvalue weighted by molar-refractivity contribution is -0.0442. The summed E-state index contributed by atoms with van der Waals surface area (Å²) in [6.07, 6.45) is 8.96. The topological polar surface area (TPSA) is 69.7 Å². The van der Waals surface area contributed by atoms with Crippen molar-refractivity contribution in [1.82, 2.24) is 10.3 Å². The SMILES string of the molecule is O=C(NCCOC1CCCCCC1)c1cnc(C2OCCO2)s1. The van der Waals surface area contributed by atoms with E-state index in [-0.39, 0.29) is 5.91 Å². The molecule has 0 aromatic carbocycles. The van der Waals surface area contributed by atoms with Gasteiger partial charge in [0.05, 0.1) is 32.1 Å². The van der Waals surface area contributed by atoms with E-state index in [9.17, 15) is 4.79 Å². The summed E-state index contributed by atoms with van der Waals surface area (Å²) < 4.78 is 16.6. The number of nitrogens with one attached hydrogen (secondary N) is 1. The number of carbonyl (C=O) groups excluding carboxylic acids is 1. The summed E-state index contributed by atoms with van der Waals surface area (Å²) in [5, 5.41) is 3.58. The second-order valence-electron chi connectivity index (χ2n) is 5.88. The van der Waals surface area contributed by atoms with Gasteiger partial charge in [0.15, 0.2) is 0 Å². The van der Waals surface area contributed by atoms with Gasteiger partial charge in [0.25, 0.3) is 5.91 Å². The summed E-state index contributed by atoms with van der Waals surface area (Å²) in [5.41, 5.74) is 0. The predicted octanol–water partition coefficient (Wildman–Crippen LogP) is 2.66. The molecule has 1 N–H and O–H groups in total. The Bertz CT molecular complexity index is 494. The molecule has 2 fully saturated rings. The first kappa shape index (κ1) is 16.8. The minimum Gasteiger partial charge on any atom is -0.376 e. The van der Waals surface area contributed by atoms with E-state index in [2.05, 4.69) is 10.3 Å². The molecule has 128 valence electrons. The molecule has 6 nitrogen and oxygen atoms in total. The lowest BCUT2D eigenvalue weighted by Gasteiger charge is -2.15. The van der Waals surface area contributed by atoms with Gasteiger partial charge in [-0.05, 0) is 12.8 Å². The van der Waals surface area contributed by atoms with Crippen molar-refractivity contribution in [3.8, 4) is 0 Å². The highest BCUT2D eigenvalue weighted by atomic mass is 32.1. The van der Waals surface area contributed by atoms with Gasteiger partial charge >= 0.3 is 0 Å². The van der Waals surface area contributed by atoms with Crippen LogP contribution < -0.4 is 5.32 Å². The first-order chi connectivity index (χ1) is 11.3. The molecule has 2 aliphatic rings. The molecule has 0 radical (unpaired) electrons. The summed E-state index contributed by atoms with van der Waals surface area (Å²) in [6, 6.07) is 0. The van der Waals surface area contributed by atoms with Crippen LogP contribution in [-0.2, 0) is 14.2 Å². The molecule has 0 bridgehead atoms. The van der Waals surface area contributed by atoms with E-state index in [4.69, 9.17) is 14.2 Å². The van der Waals surface area contributed by atoms with Crippen molar-refractivity contribution in [3.05, 3.63) is 16.1 Å². The van der Waals surface area contributed by atoms with Gasteiger partial charge < -0.3 is 19.5 Å².